The lowest BCUT2D eigenvalue weighted by molar-refractivity contribution is 1.29. The second-order valence-corrected chi connectivity index (χ2v) is 16.0. The highest BCUT2D eigenvalue weighted by molar-refractivity contribution is 6.00. The third-order valence-electron chi connectivity index (χ3n) is 11.8. The molecule has 0 saturated carbocycles. The van der Waals surface area contributed by atoms with Gasteiger partial charge >= 0.3 is 0 Å². The minimum Gasteiger partial charge on any atom is -0.310 e. The van der Waals surface area contributed by atoms with E-state index in [0.717, 1.165) is 33.9 Å². The third-order valence-corrected chi connectivity index (χ3v) is 11.8. The molecule has 0 spiro atoms. The van der Waals surface area contributed by atoms with Gasteiger partial charge in [-0.15, -0.1) is 0 Å². The number of benzene rings is 10. The Bertz CT molecular complexity index is 2920. The molecular weight excluding hydrogens is 749 g/mol. The molecule has 2 nitrogen and oxygen atoms in total. The number of rotatable bonds is 10. The van der Waals surface area contributed by atoms with Crippen molar-refractivity contribution in [2.75, 3.05) is 9.80 Å². The van der Waals surface area contributed by atoms with Crippen molar-refractivity contribution in [1.29, 1.82) is 0 Å². The summed E-state index contributed by atoms with van der Waals surface area (Å²) in [5.74, 6) is 0. The lowest BCUT2D eigenvalue weighted by atomic mass is 10.0. The fraction of sp³-hybridized carbons (Fsp3) is 0.0333. The standard InChI is InChI=1S/C60H46N2/c1-43-17-35-53(36-18-43)61(59-15-7-11-51-9-3-5-13-57(51)59)55-39-31-49(32-40-55)47-27-23-45(24-28-47)21-22-46-25-29-48(30-26-46)50-33-41-56(42-34-50)62(54-37-19-44(2)20-38-54)60-16-8-12-52-10-4-6-14-58(52)60/h3-42H,1-2H3. The topological polar surface area (TPSA) is 6.48 Å². The number of hydrogen-bond acceptors (Lipinski definition) is 2. The van der Waals surface area contributed by atoms with Crippen LogP contribution in [-0.2, 0) is 0 Å². The van der Waals surface area contributed by atoms with E-state index in [0.29, 0.717) is 0 Å². The second kappa shape index (κ2) is 17.0. The predicted molar refractivity (Wildman–Crippen MR) is 267 cm³/mol. The van der Waals surface area contributed by atoms with E-state index in [4.69, 9.17) is 0 Å². The maximum Gasteiger partial charge on any atom is 0.0540 e. The molecule has 0 aliphatic rings. The van der Waals surface area contributed by atoms with Crippen molar-refractivity contribution in [3.63, 3.8) is 0 Å². The Kier molecular flexibility index (Phi) is 10.5. The average Bonchev–Trinajstić information content (AvgIpc) is 3.33. The summed E-state index contributed by atoms with van der Waals surface area (Å²) < 4.78 is 0. The molecule has 0 saturated heterocycles. The van der Waals surface area contributed by atoms with Crippen LogP contribution in [0.1, 0.15) is 22.3 Å². The van der Waals surface area contributed by atoms with Crippen LogP contribution in [0, 0.1) is 13.8 Å². The highest BCUT2D eigenvalue weighted by atomic mass is 15.1. The SMILES string of the molecule is Cc1ccc(N(c2ccc(-c3ccc(C=Cc4ccc(-c5ccc(N(c6ccc(C)cc6)c6cccc7ccccc67)cc5)cc4)cc3)cc2)c2cccc3ccccc23)cc1. The lowest BCUT2D eigenvalue weighted by Crippen LogP contribution is -2.10. The molecule has 0 radical (unpaired) electrons. The summed E-state index contributed by atoms with van der Waals surface area (Å²) >= 11 is 0. The molecule has 0 fully saturated rings. The van der Waals surface area contributed by atoms with Crippen LogP contribution in [0.3, 0.4) is 0 Å². The van der Waals surface area contributed by atoms with Crippen LogP contribution in [0.2, 0.25) is 0 Å². The molecule has 0 aliphatic heterocycles. The van der Waals surface area contributed by atoms with Crippen LogP contribution in [0.15, 0.2) is 231 Å². The van der Waals surface area contributed by atoms with E-state index in [1.165, 1.54) is 66.3 Å². The summed E-state index contributed by atoms with van der Waals surface area (Å²) in [6.07, 6.45) is 4.38. The van der Waals surface area contributed by atoms with Gasteiger partial charge in [0.05, 0.1) is 11.4 Å². The average molecular weight is 795 g/mol. The first-order chi connectivity index (χ1) is 30.5. The first-order valence-corrected chi connectivity index (χ1v) is 21.3. The van der Waals surface area contributed by atoms with Gasteiger partial charge in [-0.25, -0.2) is 0 Å². The summed E-state index contributed by atoms with van der Waals surface area (Å²) in [6, 6.07) is 83.3. The number of fused-ring (bicyclic) bond motifs is 2. The van der Waals surface area contributed by atoms with Crippen LogP contribution in [0.25, 0.3) is 56.0 Å². The molecule has 0 bridgehead atoms. The van der Waals surface area contributed by atoms with Crippen molar-refractivity contribution >= 4 is 67.8 Å². The van der Waals surface area contributed by atoms with Crippen molar-refractivity contribution in [3.8, 4) is 22.3 Å². The van der Waals surface area contributed by atoms with E-state index < -0.39 is 0 Å². The van der Waals surface area contributed by atoms with Crippen molar-refractivity contribution in [2.24, 2.45) is 0 Å². The summed E-state index contributed by atoms with van der Waals surface area (Å²) in [6.45, 7) is 4.27. The van der Waals surface area contributed by atoms with E-state index in [1.54, 1.807) is 0 Å². The Morgan fingerprint density at radius 2 is 0.565 bits per heavy atom. The number of hydrogen-bond donors (Lipinski definition) is 0. The van der Waals surface area contributed by atoms with Crippen LogP contribution in [-0.4, -0.2) is 0 Å². The van der Waals surface area contributed by atoms with Crippen molar-refractivity contribution in [1.82, 2.24) is 0 Å². The number of aryl methyl sites for hydroxylation is 2. The van der Waals surface area contributed by atoms with Crippen LogP contribution in [0.5, 0.6) is 0 Å². The van der Waals surface area contributed by atoms with Gasteiger partial charge in [0.2, 0.25) is 0 Å². The zero-order chi connectivity index (χ0) is 41.8. The van der Waals surface area contributed by atoms with E-state index in [9.17, 15) is 0 Å². The quantitative estimate of drug-likeness (QED) is 0.127. The minimum absolute atomic E-state index is 1.12. The van der Waals surface area contributed by atoms with Crippen LogP contribution >= 0.6 is 0 Å². The molecule has 62 heavy (non-hydrogen) atoms. The predicted octanol–water partition coefficient (Wildman–Crippen LogP) is 17.1. The molecule has 10 aromatic rings. The largest absolute Gasteiger partial charge is 0.310 e. The molecule has 0 N–H and O–H groups in total. The highest BCUT2D eigenvalue weighted by Crippen LogP contribution is 2.41. The summed E-state index contributed by atoms with van der Waals surface area (Å²) in [7, 11) is 0. The Morgan fingerprint density at radius 1 is 0.274 bits per heavy atom. The summed E-state index contributed by atoms with van der Waals surface area (Å²) in [5, 5.41) is 4.91. The van der Waals surface area contributed by atoms with E-state index in [2.05, 4.69) is 266 Å². The fourth-order valence-corrected chi connectivity index (χ4v) is 8.42. The van der Waals surface area contributed by atoms with Gasteiger partial charge in [0.15, 0.2) is 0 Å². The van der Waals surface area contributed by atoms with Gasteiger partial charge in [-0.3, -0.25) is 0 Å². The first kappa shape index (κ1) is 38.3. The molecule has 296 valence electrons. The van der Waals surface area contributed by atoms with Gasteiger partial charge < -0.3 is 9.80 Å². The molecule has 10 rings (SSSR count). The fourth-order valence-electron chi connectivity index (χ4n) is 8.42. The smallest absolute Gasteiger partial charge is 0.0540 e. The van der Waals surface area contributed by atoms with Gasteiger partial charge in [-0.05, 0) is 119 Å². The monoisotopic (exact) mass is 794 g/mol. The van der Waals surface area contributed by atoms with Crippen LogP contribution < -0.4 is 9.80 Å². The van der Waals surface area contributed by atoms with Gasteiger partial charge in [0, 0.05) is 33.5 Å². The molecule has 0 heterocycles. The zero-order valence-electron chi connectivity index (χ0n) is 35.0. The van der Waals surface area contributed by atoms with Gasteiger partial charge in [0.25, 0.3) is 0 Å². The van der Waals surface area contributed by atoms with E-state index >= 15 is 0 Å². The molecular formula is C60H46N2. The van der Waals surface area contributed by atoms with Crippen molar-refractivity contribution < 1.29 is 0 Å². The molecule has 0 aliphatic carbocycles. The minimum atomic E-state index is 1.12. The number of nitrogens with zero attached hydrogens (tertiary/aromatic N) is 2. The second-order valence-electron chi connectivity index (χ2n) is 16.0. The van der Waals surface area contributed by atoms with Gasteiger partial charge in [-0.1, -0.05) is 193 Å². The maximum absolute atomic E-state index is 2.36. The van der Waals surface area contributed by atoms with E-state index in [-0.39, 0.29) is 0 Å². The van der Waals surface area contributed by atoms with Gasteiger partial charge in [0.1, 0.15) is 0 Å². The normalized spacial score (nSPS) is 11.3. The Hall–Kier alpha value is -7.94. The maximum atomic E-state index is 2.36. The Balaban J connectivity index is 0.843. The molecule has 0 amide bonds. The van der Waals surface area contributed by atoms with Crippen molar-refractivity contribution in [3.05, 3.63) is 253 Å². The van der Waals surface area contributed by atoms with Crippen molar-refractivity contribution in [2.45, 2.75) is 13.8 Å². The molecule has 0 aromatic heterocycles. The molecule has 10 aromatic carbocycles. The zero-order valence-corrected chi connectivity index (χ0v) is 35.0. The molecule has 0 atom stereocenters. The summed E-state index contributed by atoms with van der Waals surface area (Å²) in [5.41, 5.74) is 16.4. The number of anilines is 6. The molecule has 2 heteroatoms. The van der Waals surface area contributed by atoms with Gasteiger partial charge in [-0.2, -0.15) is 0 Å². The van der Waals surface area contributed by atoms with E-state index in [1.807, 2.05) is 0 Å². The highest BCUT2D eigenvalue weighted by Gasteiger charge is 2.17. The summed E-state index contributed by atoms with van der Waals surface area (Å²) in [4.78, 5) is 4.71. The first-order valence-electron chi connectivity index (χ1n) is 21.3. The van der Waals surface area contributed by atoms with Crippen LogP contribution in [0.4, 0.5) is 34.1 Å². The third kappa shape index (κ3) is 7.90. The Labute approximate surface area is 364 Å². The lowest BCUT2D eigenvalue weighted by Gasteiger charge is -2.27. The molecule has 0 unspecified atom stereocenters. The Morgan fingerprint density at radius 3 is 0.919 bits per heavy atom.